The van der Waals surface area contributed by atoms with Crippen LogP contribution in [-0.2, 0) is 16.0 Å². The van der Waals surface area contributed by atoms with Gasteiger partial charge in [0.15, 0.2) is 5.54 Å². The largest absolute Gasteiger partial charge is 0.464 e. The van der Waals surface area contributed by atoms with Crippen molar-refractivity contribution >= 4 is 28.8 Å². The molecule has 0 aromatic heterocycles. The summed E-state index contributed by atoms with van der Waals surface area (Å²) in [6, 6.07) is 50.6. The second kappa shape index (κ2) is 11.9. The van der Waals surface area contributed by atoms with Crippen LogP contribution in [0.15, 0.2) is 162 Å². The molecule has 0 bridgehead atoms. The van der Waals surface area contributed by atoms with E-state index in [0.717, 1.165) is 39.5 Å². The number of hydrogen-bond donors (Lipinski definition) is 0. The lowest BCUT2D eigenvalue weighted by molar-refractivity contribution is -0.151. The number of carbonyl (C=O) groups excluding carboxylic acids is 1. The highest BCUT2D eigenvalue weighted by atomic mass is 16.5. The number of para-hydroxylation sites is 2. The number of benzene rings is 5. The van der Waals surface area contributed by atoms with Crippen molar-refractivity contribution in [1.29, 1.82) is 0 Å². The Morgan fingerprint density at radius 2 is 1.13 bits per heavy atom. The highest BCUT2D eigenvalue weighted by molar-refractivity contribution is 6.22. The molecule has 1 spiro atoms. The molecule has 0 saturated heterocycles. The van der Waals surface area contributed by atoms with Crippen molar-refractivity contribution in [1.82, 2.24) is 0 Å². The average Bonchev–Trinajstić information content (AvgIpc) is 3.64. The van der Waals surface area contributed by atoms with Gasteiger partial charge >= 0.3 is 5.97 Å². The van der Waals surface area contributed by atoms with Gasteiger partial charge < -0.3 is 4.74 Å². The molecule has 222 valence electrons. The summed E-state index contributed by atoms with van der Waals surface area (Å²) in [4.78, 5) is 15.1. The van der Waals surface area contributed by atoms with Gasteiger partial charge in [-0.05, 0) is 42.3 Å². The lowest BCUT2D eigenvalue weighted by atomic mass is 9.66. The summed E-state index contributed by atoms with van der Waals surface area (Å²) in [5, 5.41) is 14.8. The van der Waals surface area contributed by atoms with E-state index in [1.807, 2.05) is 132 Å². The zero-order valence-electron chi connectivity index (χ0n) is 25.2. The van der Waals surface area contributed by atoms with Crippen LogP contribution in [0.4, 0.5) is 11.4 Å². The van der Waals surface area contributed by atoms with Crippen molar-refractivity contribution in [2.75, 3.05) is 16.6 Å². The van der Waals surface area contributed by atoms with Crippen LogP contribution in [0.3, 0.4) is 0 Å². The number of esters is 1. The van der Waals surface area contributed by atoms with Crippen LogP contribution in [0.5, 0.6) is 0 Å². The van der Waals surface area contributed by atoms with Gasteiger partial charge in [-0.3, -0.25) is 0 Å². The Morgan fingerprint density at radius 3 is 1.69 bits per heavy atom. The van der Waals surface area contributed by atoms with Crippen LogP contribution >= 0.6 is 0 Å². The van der Waals surface area contributed by atoms with Crippen LogP contribution in [0.25, 0.3) is 0 Å². The minimum atomic E-state index is -1.35. The lowest BCUT2D eigenvalue weighted by Crippen LogP contribution is -2.73. The average molecular weight is 591 g/mol. The Balaban J connectivity index is 1.59. The fourth-order valence-corrected chi connectivity index (χ4v) is 6.77. The molecule has 2 heterocycles. The third-order valence-corrected chi connectivity index (χ3v) is 8.71. The van der Waals surface area contributed by atoms with Gasteiger partial charge in [0.2, 0.25) is 0 Å². The fourth-order valence-electron chi connectivity index (χ4n) is 6.77. The molecule has 2 atom stereocenters. The second-order valence-electron chi connectivity index (χ2n) is 11.3. The van der Waals surface area contributed by atoms with Crippen molar-refractivity contribution in [3.8, 4) is 0 Å². The van der Waals surface area contributed by atoms with Gasteiger partial charge in [0.05, 0.1) is 29.4 Å². The summed E-state index contributed by atoms with van der Waals surface area (Å²) in [5.41, 5.74) is 3.76. The van der Waals surface area contributed by atoms with Crippen LogP contribution < -0.4 is 10.0 Å². The third-order valence-electron chi connectivity index (χ3n) is 8.71. The maximum atomic E-state index is 15.1. The van der Waals surface area contributed by atoms with Crippen LogP contribution in [0.1, 0.15) is 30.0 Å². The van der Waals surface area contributed by atoms with E-state index in [1.54, 1.807) is 0 Å². The van der Waals surface area contributed by atoms with Gasteiger partial charge in [-0.2, -0.15) is 10.2 Å². The molecule has 5 aromatic carbocycles. The zero-order chi connectivity index (χ0) is 30.7. The first kappa shape index (κ1) is 28.3. The van der Waals surface area contributed by atoms with Gasteiger partial charge in [-0.25, -0.2) is 14.8 Å². The molecule has 2 aliphatic rings. The molecule has 0 aliphatic carbocycles. The summed E-state index contributed by atoms with van der Waals surface area (Å²) < 4.78 is 6.12. The highest BCUT2D eigenvalue weighted by Crippen LogP contribution is 2.53. The molecular weight excluding hydrogens is 556 g/mol. The molecule has 7 rings (SSSR count). The highest BCUT2D eigenvalue weighted by Gasteiger charge is 2.73. The molecule has 0 unspecified atom stereocenters. The van der Waals surface area contributed by atoms with E-state index in [9.17, 15) is 0 Å². The molecule has 45 heavy (non-hydrogen) atoms. The van der Waals surface area contributed by atoms with E-state index in [1.165, 1.54) is 0 Å². The molecule has 0 N–H and O–H groups in total. The van der Waals surface area contributed by atoms with Gasteiger partial charge in [0.25, 0.3) is 0 Å². The molecule has 6 nitrogen and oxygen atoms in total. The number of hydrogen-bond acceptors (Lipinski definition) is 6. The molecule has 0 amide bonds. The Bertz CT molecular complexity index is 1830. The molecule has 6 heteroatoms. The quantitative estimate of drug-likeness (QED) is 0.176. The second-order valence-corrected chi connectivity index (χ2v) is 11.3. The summed E-state index contributed by atoms with van der Waals surface area (Å²) in [6.07, 6.45) is 0.761. The van der Waals surface area contributed by atoms with Crippen LogP contribution in [-0.4, -0.2) is 35.1 Å². The molecule has 2 aliphatic heterocycles. The Labute approximate surface area is 263 Å². The lowest BCUT2D eigenvalue weighted by Gasteiger charge is -2.49. The predicted molar refractivity (Wildman–Crippen MR) is 181 cm³/mol. The Kier molecular flexibility index (Phi) is 7.47. The predicted octanol–water partition coefficient (Wildman–Crippen LogP) is 7.51. The van der Waals surface area contributed by atoms with Gasteiger partial charge in [0.1, 0.15) is 5.54 Å². The van der Waals surface area contributed by atoms with E-state index < -0.39 is 11.1 Å². The van der Waals surface area contributed by atoms with E-state index in [0.29, 0.717) is 12.8 Å². The van der Waals surface area contributed by atoms with E-state index in [4.69, 9.17) is 14.9 Å². The van der Waals surface area contributed by atoms with Crippen LogP contribution in [0.2, 0.25) is 0 Å². The molecule has 0 fully saturated rings. The standard InChI is InChI=1S/C39H34N4O2/c1-2-45-37(44)39(28-30-18-8-3-9-19-30)38(36(32-22-12-5-13-23-32)41-43(39)34-26-16-7-17-27-34)29-35(31-20-10-4-11-21-31)40-42(38)33-24-14-6-15-25-33/h3-27H,2,28-29H2,1H3/t38-,39-/m1/s1. The first-order valence-electron chi connectivity index (χ1n) is 15.4. The Morgan fingerprint density at radius 1 is 0.644 bits per heavy atom. The number of hydrazone groups is 2. The number of anilines is 2. The van der Waals surface area contributed by atoms with Crippen molar-refractivity contribution in [2.24, 2.45) is 10.2 Å². The van der Waals surface area contributed by atoms with Gasteiger partial charge in [-0.1, -0.05) is 127 Å². The molecule has 0 radical (unpaired) electrons. The molecule has 5 aromatic rings. The van der Waals surface area contributed by atoms with E-state index in [-0.39, 0.29) is 12.6 Å². The zero-order valence-corrected chi connectivity index (χ0v) is 25.2. The molecule has 0 saturated carbocycles. The maximum absolute atomic E-state index is 15.1. The minimum Gasteiger partial charge on any atom is -0.464 e. The summed E-state index contributed by atoms with van der Waals surface area (Å²) in [7, 11) is 0. The van der Waals surface area contributed by atoms with E-state index in [2.05, 4.69) is 36.4 Å². The fraction of sp³-hybridized carbons (Fsp3) is 0.154. The smallest absolute Gasteiger partial charge is 0.337 e. The monoisotopic (exact) mass is 590 g/mol. The topological polar surface area (TPSA) is 57.5 Å². The number of ether oxygens (including phenoxy) is 1. The number of nitrogens with zero attached hydrogens (tertiary/aromatic N) is 4. The number of rotatable bonds is 8. The van der Waals surface area contributed by atoms with Crippen molar-refractivity contribution in [3.63, 3.8) is 0 Å². The first-order valence-corrected chi connectivity index (χ1v) is 15.4. The number of carbonyl (C=O) groups is 1. The summed E-state index contributed by atoms with van der Waals surface area (Å²) in [6.45, 7) is 2.09. The van der Waals surface area contributed by atoms with Crippen molar-refractivity contribution in [3.05, 3.63) is 168 Å². The molecular formula is C39H34N4O2. The van der Waals surface area contributed by atoms with Crippen LogP contribution in [0, 0.1) is 0 Å². The van der Waals surface area contributed by atoms with E-state index >= 15 is 4.79 Å². The minimum absolute atomic E-state index is 0.229. The van der Waals surface area contributed by atoms with Gasteiger partial charge in [-0.15, -0.1) is 0 Å². The third kappa shape index (κ3) is 4.70. The maximum Gasteiger partial charge on any atom is 0.337 e. The van der Waals surface area contributed by atoms with Crippen molar-refractivity contribution < 1.29 is 9.53 Å². The van der Waals surface area contributed by atoms with Gasteiger partial charge in [0, 0.05) is 18.4 Å². The SMILES string of the molecule is CCOC(=O)[C@@]1(Cc2ccccc2)N(c2ccccc2)N=C(c2ccccc2)[C@]12CC(c1ccccc1)=NN2c1ccccc1. The Hall–Kier alpha value is -5.49. The normalized spacial score (nSPS) is 20.6. The summed E-state index contributed by atoms with van der Waals surface area (Å²) in [5.74, 6) is -0.349. The van der Waals surface area contributed by atoms with Crippen molar-refractivity contribution in [2.45, 2.75) is 30.8 Å². The summed E-state index contributed by atoms with van der Waals surface area (Å²) >= 11 is 0. The first-order chi connectivity index (χ1) is 22.2.